The SMILES string of the molecule is O=C(OCCCCCCCCCCCO)c1ccc(B(O)O)cc1. The Labute approximate surface area is 144 Å². The van der Waals surface area contributed by atoms with Crippen molar-refractivity contribution >= 4 is 18.6 Å². The summed E-state index contributed by atoms with van der Waals surface area (Å²) in [4.78, 5) is 11.8. The van der Waals surface area contributed by atoms with Crippen molar-refractivity contribution < 1.29 is 24.7 Å². The molecule has 0 fully saturated rings. The molecule has 1 aromatic rings. The monoisotopic (exact) mass is 336 g/mol. The van der Waals surface area contributed by atoms with Crippen LogP contribution >= 0.6 is 0 Å². The zero-order valence-corrected chi connectivity index (χ0v) is 14.3. The Hall–Kier alpha value is -1.37. The lowest BCUT2D eigenvalue weighted by atomic mass is 9.80. The van der Waals surface area contributed by atoms with Crippen LogP contribution in [0.25, 0.3) is 0 Å². The molecule has 3 N–H and O–H groups in total. The van der Waals surface area contributed by atoms with Gasteiger partial charge in [0, 0.05) is 6.61 Å². The first kappa shape index (κ1) is 20.7. The van der Waals surface area contributed by atoms with E-state index in [4.69, 9.17) is 19.9 Å². The summed E-state index contributed by atoms with van der Waals surface area (Å²) in [5, 5.41) is 26.7. The molecule has 0 atom stereocenters. The minimum Gasteiger partial charge on any atom is -0.462 e. The first-order valence-corrected chi connectivity index (χ1v) is 8.89. The fourth-order valence-corrected chi connectivity index (χ4v) is 2.49. The normalized spacial score (nSPS) is 10.6. The van der Waals surface area contributed by atoms with E-state index in [1.54, 1.807) is 0 Å². The van der Waals surface area contributed by atoms with E-state index in [1.807, 2.05) is 0 Å². The van der Waals surface area contributed by atoms with Gasteiger partial charge in [-0.2, -0.15) is 0 Å². The van der Waals surface area contributed by atoms with Gasteiger partial charge in [0.15, 0.2) is 0 Å². The van der Waals surface area contributed by atoms with E-state index in [0.717, 1.165) is 32.1 Å². The quantitative estimate of drug-likeness (QED) is 0.291. The Morgan fingerprint density at radius 2 is 1.33 bits per heavy atom. The van der Waals surface area contributed by atoms with Crippen molar-refractivity contribution in [1.82, 2.24) is 0 Å². The topological polar surface area (TPSA) is 87.0 Å². The van der Waals surface area contributed by atoms with Crippen molar-refractivity contribution in [3.05, 3.63) is 29.8 Å². The fourth-order valence-electron chi connectivity index (χ4n) is 2.49. The highest BCUT2D eigenvalue weighted by Crippen LogP contribution is 2.10. The number of hydrogen-bond acceptors (Lipinski definition) is 5. The zero-order chi connectivity index (χ0) is 17.6. The Morgan fingerprint density at radius 3 is 1.83 bits per heavy atom. The van der Waals surface area contributed by atoms with Crippen molar-refractivity contribution in [2.24, 2.45) is 0 Å². The first-order chi connectivity index (χ1) is 11.6. The van der Waals surface area contributed by atoms with Crippen molar-refractivity contribution in [2.75, 3.05) is 13.2 Å². The molecule has 134 valence electrons. The largest absolute Gasteiger partial charge is 0.488 e. The predicted octanol–water partition coefficient (Wildman–Crippen LogP) is 2.03. The number of rotatable bonds is 13. The number of esters is 1. The molecule has 1 rings (SSSR count). The van der Waals surface area contributed by atoms with Crippen LogP contribution < -0.4 is 5.46 Å². The van der Waals surface area contributed by atoms with Crippen LogP contribution in [0.2, 0.25) is 0 Å². The van der Waals surface area contributed by atoms with E-state index in [-0.39, 0.29) is 5.97 Å². The number of benzene rings is 1. The molecular weight excluding hydrogens is 307 g/mol. The maximum absolute atomic E-state index is 11.8. The Kier molecular flexibility index (Phi) is 11.2. The molecule has 0 bridgehead atoms. The summed E-state index contributed by atoms with van der Waals surface area (Å²) in [5.74, 6) is -0.377. The summed E-state index contributed by atoms with van der Waals surface area (Å²) < 4.78 is 5.21. The van der Waals surface area contributed by atoms with Gasteiger partial charge in [-0.05, 0) is 30.4 Å². The van der Waals surface area contributed by atoms with E-state index in [1.165, 1.54) is 49.9 Å². The van der Waals surface area contributed by atoms with Gasteiger partial charge < -0.3 is 19.9 Å². The van der Waals surface area contributed by atoms with Gasteiger partial charge in [-0.25, -0.2) is 4.79 Å². The lowest BCUT2D eigenvalue weighted by molar-refractivity contribution is 0.0497. The van der Waals surface area contributed by atoms with Crippen LogP contribution in [0.15, 0.2) is 24.3 Å². The van der Waals surface area contributed by atoms with Crippen LogP contribution in [-0.4, -0.2) is 41.5 Å². The third-order valence-corrected chi connectivity index (χ3v) is 3.98. The molecule has 6 heteroatoms. The smallest absolute Gasteiger partial charge is 0.462 e. The lowest BCUT2D eigenvalue weighted by Gasteiger charge is -2.06. The van der Waals surface area contributed by atoms with Crippen LogP contribution in [0.5, 0.6) is 0 Å². The first-order valence-electron chi connectivity index (χ1n) is 8.89. The van der Waals surface area contributed by atoms with E-state index in [9.17, 15) is 4.79 Å². The second kappa shape index (κ2) is 13.0. The molecule has 0 amide bonds. The minimum atomic E-state index is -1.52. The number of carbonyl (C=O) groups is 1. The van der Waals surface area contributed by atoms with Gasteiger partial charge in [-0.15, -0.1) is 0 Å². The molecule has 1 aromatic carbocycles. The number of ether oxygens (including phenoxy) is 1. The van der Waals surface area contributed by atoms with Gasteiger partial charge in [0.05, 0.1) is 12.2 Å². The fraction of sp³-hybridized carbons (Fsp3) is 0.611. The van der Waals surface area contributed by atoms with Crippen LogP contribution in [0.4, 0.5) is 0 Å². The zero-order valence-electron chi connectivity index (χ0n) is 14.3. The maximum Gasteiger partial charge on any atom is 0.488 e. The van der Waals surface area contributed by atoms with Crippen molar-refractivity contribution in [2.45, 2.75) is 57.8 Å². The summed E-state index contributed by atoms with van der Waals surface area (Å²) in [6.07, 6.45) is 9.97. The molecule has 5 nitrogen and oxygen atoms in total. The molecule has 0 saturated heterocycles. The lowest BCUT2D eigenvalue weighted by Crippen LogP contribution is -2.29. The number of unbranched alkanes of at least 4 members (excludes halogenated alkanes) is 8. The standard InChI is InChI=1S/C18H29BO5/c20-14-8-6-4-2-1-3-5-7-9-15-24-18(21)16-10-12-17(13-11-16)19(22)23/h10-13,20,22-23H,1-9,14-15H2. The second-order valence-corrected chi connectivity index (χ2v) is 6.04. The van der Waals surface area contributed by atoms with Gasteiger partial charge >= 0.3 is 13.1 Å². The number of carbonyl (C=O) groups excluding carboxylic acids is 1. The van der Waals surface area contributed by atoms with E-state index < -0.39 is 7.12 Å². The van der Waals surface area contributed by atoms with Crippen LogP contribution in [0.3, 0.4) is 0 Å². The number of aliphatic hydroxyl groups is 1. The number of hydrogen-bond donors (Lipinski definition) is 3. The summed E-state index contributed by atoms with van der Waals surface area (Å²) in [6, 6.07) is 6.07. The second-order valence-electron chi connectivity index (χ2n) is 6.04. The molecule has 0 spiro atoms. The van der Waals surface area contributed by atoms with Crippen LogP contribution in [-0.2, 0) is 4.74 Å². The Bertz CT molecular complexity index is 447. The minimum absolute atomic E-state index is 0.298. The van der Waals surface area contributed by atoms with E-state index >= 15 is 0 Å². The highest BCUT2D eigenvalue weighted by molar-refractivity contribution is 6.58. The van der Waals surface area contributed by atoms with Gasteiger partial charge in [0.25, 0.3) is 0 Å². The van der Waals surface area contributed by atoms with Crippen LogP contribution in [0, 0.1) is 0 Å². The molecule has 0 unspecified atom stereocenters. The van der Waals surface area contributed by atoms with Crippen molar-refractivity contribution in [3.63, 3.8) is 0 Å². The molecule has 0 aromatic heterocycles. The molecule has 0 aliphatic carbocycles. The summed E-state index contributed by atoms with van der Waals surface area (Å²) in [7, 11) is -1.52. The predicted molar refractivity (Wildman–Crippen MR) is 95.2 cm³/mol. The van der Waals surface area contributed by atoms with Gasteiger partial charge in [0.2, 0.25) is 0 Å². The number of aliphatic hydroxyl groups excluding tert-OH is 1. The molecule has 0 aliphatic rings. The summed E-state index contributed by atoms with van der Waals surface area (Å²) in [5.41, 5.74) is 0.769. The Morgan fingerprint density at radius 1 is 0.833 bits per heavy atom. The molecule has 0 heterocycles. The highest BCUT2D eigenvalue weighted by Gasteiger charge is 2.12. The third-order valence-electron chi connectivity index (χ3n) is 3.98. The van der Waals surface area contributed by atoms with E-state index in [0.29, 0.717) is 24.2 Å². The third kappa shape index (κ3) is 9.06. The Balaban J connectivity index is 2.01. The average Bonchev–Trinajstić information content (AvgIpc) is 2.59. The van der Waals surface area contributed by atoms with Gasteiger partial charge in [-0.3, -0.25) is 0 Å². The summed E-state index contributed by atoms with van der Waals surface area (Å²) in [6.45, 7) is 0.714. The molecule has 0 saturated carbocycles. The average molecular weight is 336 g/mol. The van der Waals surface area contributed by atoms with Gasteiger partial charge in [-0.1, -0.05) is 57.1 Å². The van der Waals surface area contributed by atoms with Crippen LogP contribution in [0.1, 0.15) is 68.1 Å². The van der Waals surface area contributed by atoms with Gasteiger partial charge in [0.1, 0.15) is 0 Å². The summed E-state index contributed by atoms with van der Waals surface area (Å²) >= 11 is 0. The maximum atomic E-state index is 11.8. The van der Waals surface area contributed by atoms with E-state index in [2.05, 4.69) is 0 Å². The molecular formula is C18H29BO5. The highest BCUT2D eigenvalue weighted by atomic mass is 16.5. The molecule has 24 heavy (non-hydrogen) atoms. The van der Waals surface area contributed by atoms with Crippen molar-refractivity contribution in [3.8, 4) is 0 Å². The molecule has 0 radical (unpaired) electrons. The molecule has 0 aliphatic heterocycles. The van der Waals surface area contributed by atoms with Crippen molar-refractivity contribution in [1.29, 1.82) is 0 Å².